The van der Waals surface area contributed by atoms with Crippen LogP contribution in [0.2, 0.25) is 0 Å². The van der Waals surface area contributed by atoms with Crippen molar-refractivity contribution < 1.29 is 9.21 Å². The van der Waals surface area contributed by atoms with Gasteiger partial charge in [0.25, 0.3) is 0 Å². The van der Waals surface area contributed by atoms with Gasteiger partial charge in [-0.05, 0) is 6.07 Å². The van der Waals surface area contributed by atoms with E-state index >= 15 is 0 Å². The maximum Gasteiger partial charge on any atom is 0.181 e. The highest BCUT2D eigenvalue weighted by atomic mass is 16.3. The summed E-state index contributed by atoms with van der Waals surface area (Å²) in [7, 11) is 0. The number of nitrogens with one attached hydrogen (secondary N) is 1. The third-order valence-electron chi connectivity index (χ3n) is 2.83. The van der Waals surface area contributed by atoms with Crippen LogP contribution in [0.4, 0.5) is 0 Å². The molecule has 1 fully saturated rings. The number of benzene rings is 1. The fraction of sp³-hybridized carbons (Fsp3) is 0.154. The largest absolute Gasteiger partial charge is 0.472 e. The van der Waals surface area contributed by atoms with E-state index in [9.17, 15) is 4.79 Å². The van der Waals surface area contributed by atoms with E-state index in [0.29, 0.717) is 0 Å². The minimum atomic E-state index is -0.0972. The van der Waals surface area contributed by atoms with Crippen LogP contribution in [0, 0.1) is 0 Å². The molecule has 1 aliphatic rings. The summed E-state index contributed by atoms with van der Waals surface area (Å²) in [4.78, 5) is 12.0. The summed E-state index contributed by atoms with van der Waals surface area (Å²) in [5.41, 5.74) is 1.79. The van der Waals surface area contributed by atoms with Crippen LogP contribution >= 0.6 is 0 Å². The van der Waals surface area contributed by atoms with Crippen LogP contribution < -0.4 is 5.32 Å². The van der Waals surface area contributed by atoms with E-state index in [4.69, 9.17) is 4.42 Å². The summed E-state index contributed by atoms with van der Waals surface area (Å²) in [6.45, 7) is 0. The van der Waals surface area contributed by atoms with Crippen LogP contribution in [-0.2, 0) is 0 Å². The molecule has 2 heterocycles. The van der Waals surface area contributed by atoms with Gasteiger partial charge in [-0.3, -0.25) is 10.1 Å². The van der Waals surface area contributed by atoms with Crippen molar-refractivity contribution >= 4 is 5.78 Å². The van der Waals surface area contributed by atoms with Crippen LogP contribution in [0.5, 0.6) is 0 Å². The first-order valence-corrected chi connectivity index (χ1v) is 5.23. The zero-order valence-electron chi connectivity index (χ0n) is 8.59. The predicted molar refractivity (Wildman–Crippen MR) is 59.1 cm³/mol. The molecule has 0 spiro atoms. The summed E-state index contributed by atoms with van der Waals surface area (Å²) in [5.74, 6) is 0.145. The number of rotatable bonds is 3. The second kappa shape index (κ2) is 3.61. The molecule has 1 saturated heterocycles. The average Bonchev–Trinajstić information content (AvgIpc) is 2.95. The minimum Gasteiger partial charge on any atom is -0.472 e. The zero-order chi connectivity index (χ0) is 11.0. The van der Waals surface area contributed by atoms with Crippen molar-refractivity contribution in [2.75, 3.05) is 0 Å². The van der Waals surface area contributed by atoms with E-state index in [-0.39, 0.29) is 17.9 Å². The Morgan fingerprint density at radius 1 is 1.19 bits per heavy atom. The number of hydrogen-bond acceptors (Lipinski definition) is 3. The Balaban J connectivity index is 1.76. The molecule has 2 atom stereocenters. The second-order valence-electron chi connectivity index (χ2n) is 3.91. The first-order valence-electron chi connectivity index (χ1n) is 5.23. The maximum atomic E-state index is 12.0. The molecule has 0 aliphatic carbocycles. The van der Waals surface area contributed by atoms with E-state index < -0.39 is 0 Å². The fourth-order valence-electron chi connectivity index (χ4n) is 1.89. The zero-order valence-corrected chi connectivity index (χ0v) is 8.59. The molecule has 80 valence electrons. The summed E-state index contributed by atoms with van der Waals surface area (Å²) >= 11 is 0. The van der Waals surface area contributed by atoms with Crippen LogP contribution in [0.3, 0.4) is 0 Å². The van der Waals surface area contributed by atoms with Gasteiger partial charge in [0.05, 0.1) is 24.6 Å². The van der Waals surface area contributed by atoms with Crippen molar-refractivity contribution in [3.63, 3.8) is 0 Å². The molecular weight excluding hydrogens is 202 g/mol. The van der Waals surface area contributed by atoms with Gasteiger partial charge < -0.3 is 4.42 Å². The number of ketones is 1. The highest BCUT2D eigenvalue weighted by Crippen LogP contribution is 2.32. The van der Waals surface area contributed by atoms with Crippen molar-refractivity contribution in [1.82, 2.24) is 5.32 Å². The summed E-state index contributed by atoms with van der Waals surface area (Å²) in [6.07, 6.45) is 3.30. The SMILES string of the molecule is O=C(c1ccccc1)[C@H]1N[C@@H]1c1ccoc1. The van der Waals surface area contributed by atoms with E-state index in [1.165, 1.54) is 0 Å². The second-order valence-corrected chi connectivity index (χ2v) is 3.91. The van der Waals surface area contributed by atoms with Crippen LogP contribution in [0.25, 0.3) is 0 Å². The Hall–Kier alpha value is -1.87. The molecule has 0 radical (unpaired) electrons. The van der Waals surface area contributed by atoms with Gasteiger partial charge in [0.1, 0.15) is 0 Å². The Bertz CT molecular complexity index is 490. The molecule has 0 bridgehead atoms. The van der Waals surface area contributed by atoms with E-state index in [2.05, 4.69) is 5.32 Å². The van der Waals surface area contributed by atoms with Gasteiger partial charge in [0, 0.05) is 11.1 Å². The number of carbonyl (C=O) groups excluding carboxylic acids is 1. The standard InChI is InChI=1S/C13H11NO2/c15-13(9-4-2-1-3-5-9)12-11(14-12)10-6-7-16-8-10/h1-8,11-12,14H/t11-,12+/m1/s1. The van der Waals surface area contributed by atoms with E-state index in [1.807, 2.05) is 36.4 Å². The first-order chi connectivity index (χ1) is 7.86. The Kier molecular flexibility index (Phi) is 2.11. The maximum absolute atomic E-state index is 12.0. The molecule has 1 aromatic carbocycles. The van der Waals surface area contributed by atoms with Crippen molar-refractivity contribution in [3.05, 3.63) is 60.1 Å². The molecule has 3 nitrogen and oxygen atoms in total. The van der Waals surface area contributed by atoms with E-state index in [0.717, 1.165) is 11.1 Å². The minimum absolute atomic E-state index is 0.0972. The fourth-order valence-corrected chi connectivity index (χ4v) is 1.89. The monoisotopic (exact) mass is 213 g/mol. The molecule has 0 amide bonds. The van der Waals surface area contributed by atoms with Crippen LogP contribution in [0.15, 0.2) is 53.3 Å². The summed E-state index contributed by atoms with van der Waals surface area (Å²) in [5, 5.41) is 3.16. The average molecular weight is 213 g/mol. The number of furan rings is 1. The third-order valence-corrected chi connectivity index (χ3v) is 2.83. The van der Waals surface area contributed by atoms with Gasteiger partial charge in [-0.1, -0.05) is 30.3 Å². The molecule has 0 saturated carbocycles. The highest BCUT2D eigenvalue weighted by Gasteiger charge is 2.43. The third kappa shape index (κ3) is 1.55. The molecule has 16 heavy (non-hydrogen) atoms. The number of Topliss-reactive ketones (excluding diaryl/α,β-unsaturated/α-hetero) is 1. The Morgan fingerprint density at radius 3 is 2.69 bits per heavy atom. The number of carbonyl (C=O) groups is 1. The normalized spacial score (nSPS) is 23.0. The van der Waals surface area contributed by atoms with Crippen molar-refractivity contribution in [2.24, 2.45) is 0 Å². The topological polar surface area (TPSA) is 52.2 Å². The predicted octanol–water partition coefficient (Wildman–Crippen LogP) is 2.18. The van der Waals surface area contributed by atoms with Gasteiger partial charge >= 0.3 is 0 Å². The molecule has 0 unspecified atom stereocenters. The molecule has 3 rings (SSSR count). The lowest BCUT2D eigenvalue weighted by Crippen LogP contribution is -2.09. The first kappa shape index (κ1) is 9.36. The summed E-state index contributed by atoms with van der Waals surface area (Å²) < 4.78 is 5.00. The van der Waals surface area contributed by atoms with Gasteiger partial charge in [0.2, 0.25) is 0 Å². The molecule has 2 aromatic rings. The molecule has 1 N–H and O–H groups in total. The van der Waals surface area contributed by atoms with Gasteiger partial charge in [-0.15, -0.1) is 0 Å². The Labute approximate surface area is 93.1 Å². The summed E-state index contributed by atoms with van der Waals surface area (Å²) in [6, 6.07) is 11.3. The van der Waals surface area contributed by atoms with E-state index in [1.54, 1.807) is 12.5 Å². The molecule has 1 aliphatic heterocycles. The number of hydrogen-bond donors (Lipinski definition) is 1. The lowest BCUT2D eigenvalue weighted by Gasteiger charge is -1.96. The molecular formula is C13H11NO2. The van der Waals surface area contributed by atoms with Crippen LogP contribution in [0.1, 0.15) is 22.0 Å². The highest BCUT2D eigenvalue weighted by molar-refractivity contribution is 6.02. The van der Waals surface area contributed by atoms with Gasteiger partial charge in [-0.25, -0.2) is 0 Å². The van der Waals surface area contributed by atoms with Crippen LogP contribution in [-0.4, -0.2) is 11.8 Å². The lowest BCUT2D eigenvalue weighted by atomic mass is 10.0. The quantitative estimate of drug-likeness (QED) is 0.628. The van der Waals surface area contributed by atoms with Crippen molar-refractivity contribution in [2.45, 2.75) is 12.1 Å². The van der Waals surface area contributed by atoms with Gasteiger partial charge in [0.15, 0.2) is 5.78 Å². The smallest absolute Gasteiger partial charge is 0.181 e. The van der Waals surface area contributed by atoms with Crippen molar-refractivity contribution in [3.8, 4) is 0 Å². The van der Waals surface area contributed by atoms with Crippen molar-refractivity contribution in [1.29, 1.82) is 0 Å². The molecule has 1 aromatic heterocycles. The van der Waals surface area contributed by atoms with Gasteiger partial charge in [-0.2, -0.15) is 0 Å². The Morgan fingerprint density at radius 2 is 2.00 bits per heavy atom. The molecule has 3 heteroatoms. The lowest BCUT2D eigenvalue weighted by molar-refractivity contribution is 0.0988.